The van der Waals surface area contributed by atoms with Gasteiger partial charge in [-0.15, -0.1) is 0 Å². The highest BCUT2D eigenvalue weighted by Gasteiger charge is 2.39. The van der Waals surface area contributed by atoms with E-state index in [9.17, 15) is 26.7 Å². The topological polar surface area (TPSA) is 68.3 Å². The molecule has 4 aliphatic rings. The molecule has 0 spiro atoms. The van der Waals surface area contributed by atoms with Gasteiger partial charge in [-0.3, -0.25) is 9.69 Å². The normalized spacial score (nSPS) is 22.4. The van der Waals surface area contributed by atoms with Crippen LogP contribution in [0.3, 0.4) is 0 Å². The molecule has 6 rings (SSSR count). The number of hydrogen-bond acceptors (Lipinski definition) is 8. The largest absolute Gasteiger partial charge is 0.462 e. The maximum absolute atomic E-state index is 14.0. The highest BCUT2D eigenvalue weighted by molar-refractivity contribution is 6.31. The van der Waals surface area contributed by atoms with Gasteiger partial charge in [-0.05, 0) is 45.0 Å². The summed E-state index contributed by atoms with van der Waals surface area (Å²) in [6.07, 6.45) is 0.776. The number of anilines is 2. The molecule has 47 heavy (non-hydrogen) atoms. The van der Waals surface area contributed by atoms with Crippen molar-refractivity contribution < 1.29 is 31.5 Å². The molecule has 1 aromatic carbocycles. The molecule has 3 saturated heterocycles. The van der Waals surface area contributed by atoms with E-state index in [0.717, 1.165) is 24.9 Å². The maximum Gasteiger partial charge on any atom is 0.419 e. The van der Waals surface area contributed by atoms with Crippen LogP contribution in [0, 0.1) is 0 Å². The van der Waals surface area contributed by atoms with E-state index in [1.807, 2.05) is 7.05 Å². The number of nitrogens with zero attached hydrogens (tertiary/aromatic N) is 7. The lowest BCUT2D eigenvalue weighted by molar-refractivity contribution is -0.137. The van der Waals surface area contributed by atoms with E-state index in [0.29, 0.717) is 70.4 Å². The maximum atomic E-state index is 14.0. The van der Waals surface area contributed by atoms with Crippen molar-refractivity contribution in [2.45, 2.75) is 50.4 Å². The first-order chi connectivity index (χ1) is 22.4. The second-order valence-corrected chi connectivity index (χ2v) is 13.1. The fourth-order valence-electron chi connectivity index (χ4n) is 6.85. The minimum atomic E-state index is -4.62. The number of alkyl halides is 5. The van der Waals surface area contributed by atoms with Gasteiger partial charge in [-0.1, -0.05) is 23.7 Å². The van der Waals surface area contributed by atoms with Crippen LogP contribution in [0.4, 0.5) is 33.5 Å². The monoisotopic (exact) mass is 683 g/mol. The number of likely N-dealkylation sites (tertiary alicyclic amines) is 2. The summed E-state index contributed by atoms with van der Waals surface area (Å²) >= 11 is 6.04. The number of carbonyl (C=O) groups is 1. The Labute approximate surface area is 275 Å². The molecule has 256 valence electrons. The van der Waals surface area contributed by atoms with Crippen LogP contribution in [-0.2, 0) is 23.9 Å². The quantitative estimate of drug-likeness (QED) is 0.293. The molecule has 5 heterocycles. The van der Waals surface area contributed by atoms with Crippen LogP contribution in [0.15, 0.2) is 30.4 Å². The van der Waals surface area contributed by atoms with Crippen LogP contribution in [0.25, 0.3) is 0 Å². The zero-order valence-corrected chi connectivity index (χ0v) is 27.0. The van der Waals surface area contributed by atoms with E-state index in [4.69, 9.17) is 26.3 Å². The standard InChI is InChI=1S/C32H39ClF5N7O2/c1-41-11-3-5-22(41)20-47-30-39-25-19-45(26-7-2-6-24(33)28(26)32(36,37)38)13-9-23(25)29(40-30)44-17-15-43(16-18-44)27(46)8-4-12-42-14-10-31(34,35)21-42/h2,4,6-8,22H,3,5,9-21H2,1H3/b8-4+/t22-/m0/s1. The average Bonchev–Trinajstić information content (AvgIpc) is 3.61. The third-order valence-electron chi connectivity index (χ3n) is 9.48. The fraction of sp³-hybridized carbons (Fsp3) is 0.594. The van der Waals surface area contributed by atoms with E-state index < -0.39 is 17.7 Å². The number of fused-ring (bicyclic) bond motifs is 1. The van der Waals surface area contributed by atoms with E-state index in [2.05, 4.69) is 9.80 Å². The lowest BCUT2D eigenvalue weighted by Crippen LogP contribution is -2.49. The van der Waals surface area contributed by atoms with Crippen molar-refractivity contribution in [1.29, 1.82) is 0 Å². The van der Waals surface area contributed by atoms with Gasteiger partial charge in [-0.2, -0.15) is 23.1 Å². The number of amides is 1. The molecule has 0 unspecified atom stereocenters. The van der Waals surface area contributed by atoms with Gasteiger partial charge in [0.2, 0.25) is 5.91 Å². The first-order valence-electron chi connectivity index (χ1n) is 16.0. The summed E-state index contributed by atoms with van der Waals surface area (Å²) < 4.78 is 75.2. The van der Waals surface area contributed by atoms with Crippen molar-refractivity contribution in [2.24, 2.45) is 0 Å². The second-order valence-electron chi connectivity index (χ2n) is 12.7. The molecular formula is C32H39ClF5N7O2. The van der Waals surface area contributed by atoms with Crippen molar-refractivity contribution in [2.75, 3.05) is 82.4 Å². The Hall–Kier alpha value is -3.23. The first-order valence-corrected chi connectivity index (χ1v) is 16.4. The van der Waals surface area contributed by atoms with Crippen molar-refractivity contribution in [3.8, 4) is 6.01 Å². The van der Waals surface area contributed by atoms with Gasteiger partial charge in [-0.25, -0.2) is 8.78 Å². The number of hydrogen-bond donors (Lipinski definition) is 0. The summed E-state index contributed by atoms with van der Waals surface area (Å²) in [6, 6.07) is 4.59. The number of ether oxygens (including phenoxy) is 1. The van der Waals surface area contributed by atoms with Gasteiger partial charge in [0.25, 0.3) is 5.92 Å². The van der Waals surface area contributed by atoms with Gasteiger partial charge in [0.15, 0.2) is 0 Å². The number of aromatic nitrogens is 2. The molecule has 0 radical (unpaired) electrons. The smallest absolute Gasteiger partial charge is 0.419 e. The fourth-order valence-corrected chi connectivity index (χ4v) is 7.12. The van der Waals surface area contributed by atoms with E-state index in [-0.39, 0.29) is 48.2 Å². The molecule has 1 aromatic heterocycles. The van der Waals surface area contributed by atoms with E-state index in [1.165, 1.54) is 24.3 Å². The molecular weight excluding hydrogens is 645 g/mol. The minimum Gasteiger partial charge on any atom is -0.462 e. The summed E-state index contributed by atoms with van der Waals surface area (Å²) in [5, 5.41) is -0.353. The van der Waals surface area contributed by atoms with Crippen LogP contribution < -0.4 is 14.5 Å². The predicted molar refractivity (Wildman–Crippen MR) is 168 cm³/mol. The van der Waals surface area contributed by atoms with Crippen LogP contribution >= 0.6 is 11.6 Å². The Bertz CT molecular complexity index is 1480. The predicted octanol–water partition coefficient (Wildman–Crippen LogP) is 4.73. The molecule has 9 nitrogen and oxygen atoms in total. The number of rotatable bonds is 8. The van der Waals surface area contributed by atoms with E-state index >= 15 is 0 Å². The van der Waals surface area contributed by atoms with Gasteiger partial charge in [0.05, 0.1) is 35.1 Å². The Morgan fingerprint density at radius 1 is 1.09 bits per heavy atom. The zero-order chi connectivity index (χ0) is 33.3. The third-order valence-corrected chi connectivity index (χ3v) is 9.79. The number of carbonyl (C=O) groups excluding carboxylic acids is 1. The van der Waals surface area contributed by atoms with Crippen LogP contribution in [-0.4, -0.2) is 115 Å². The molecule has 0 N–H and O–H groups in total. The molecule has 2 aromatic rings. The van der Waals surface area contributed by atoms with Gasteiger partial charge >= 0.3 is 12.2 Å². The summed E-state index contributed by atoms with van der Waals surface area (Å²) in [6.45, 7) is 3.95. The minimum absolute atomic E-state index is 0.00415. The van der Waals surface area contributed by atoms with Crippen LogP contribution in [0.2, 0.25) is 5.02 Å². The Balaban J connectivity index is 1.18. The summed E-state index contributed by atoms with van der Waals surface area (Å²) in [4.78, 5) is 31.7. The molecule has 1 atom stereocenters. The number of benzene rings is 1. The zero-order valence-electron chi connectivity index (χ0n) is 26.3. The van der Waals surface area contributed by atoms with Crippen molar-refractivity contribution in [3.05, 3.63) is 52.2 Å². The molecule has 3 fully saturated rings. The SMILES string of the molecule is CN1CCC[C@H]1COc1nc2c(c(N3CCN(C(=O)/C=C/CN4CCC(F)(F)C4)CC3)n1)CCN(c1cccc(Cl)c1C(F)(F)F)C2. The lowest BCUT2D eigenvalue weighted by Gasteiger charge is -2.38. The number of halogens is 6. The molecule has 0 aliphatic carbocycles. The first kappa shape index (κ1) is 33.7. The molecule has 0 saturated carbocycles. The average molecular weight is 684 g/mol. The van der Waals surface area contributed by atoms with Gasteiger partial charge in [0.1, 0.15) is 12.4 Å². The summed E-state index contributed by atoms with van der Waals surface area (Å²) in [5.74, 6) is -2.18. The molecule has 1 amide bonds. The lowest BCUT2D eigenvalue weighted by atomic mass is 10.0. The molecule has 15 heteroatoms. The Morgan fingerprint density at radius 3 is 2.55 bits per heavy atom. The third kappa shape index (κ3) is 7.75. The number of piperazine rings is 1. The summed E-state index contributed by atoms with van der Waals surface area (Å²) in [5.41, 5.74) is 0.583. The van der Waals surface area contributed by atoms with Gasteiger partial charge < -0.3 is 24.3 Å². The van der Waals surface area contributed by atoms with Crippen LogP contribution in [0.1, 0.15) is 36.1 Å². The van der Waals surface area contributed by atoms with Crippen LogP contribution in [0.5, 0.6) is 6.01 Å². The van der Waals surface area contributed by atoms with Crippen molar-refractivity contribution in [3.63, 3.8) is 0 Å². The number of likely N-dealkylation sites (N-methyl/N-ethyl adjacent to an activating group) is 1. The van der Waals surface area contributed by atoms with Gasteiger partial charge in [0, 0.05) is 69.9 Å². The highest BCUT2D eigenvalue weighted by Crippen LogP contribution is 2.43. The summed E-state index contributed by atoms with van der Waals surface area (Å²) in [7, 11) is 2.04. The van der Waals surface area contributed by atoms with Crippen molar-refractivity contribution >= 4 is 29.0 Å². The second kappa shape index (κ2) is 13.7. The van der Waals surface area contributed by atoms with Crippen molar-refractivity contribution in [1.82, 2.24) is 24.7 Å². The highest BCUT2D eigenvalue weighted by atomic mass is 35.5. The Kier molecular flexibility index (Phi) is 9.82. The Morgan fingerprint density at radius 2 is 1.87 bits per heavy atom. The molecule has 0 bridgehead atoms. The van der Waals surface area contributed by atoms with E-state index in [1.54, 1.807) is 20.8 Å². The molecule has 4 aliphatic heterocycles.